The highest BCUT2D eigenvalue weighted by atomic mass is 35.5. The molecule has 0 unspecified atom stereocenters. The molecule has 0 spiro atoms. The predicted molar refractivity (Wildman–Crippen MR) is 59.1 cm³/mol. The van der Waals surface area contributed by atoms with E-state index in [0.29, 0.717) is 5.56 Å². The van der Waals surface area contributed by atoms with Gasteiger partial charge in [-0.2, -0.15) is 5.10 Å². The fraction of sp³-hybridized carbons (Fsp3) is 0. The lowest BCUT2D eigenvalue weighted by Crippen LogP contribution is -2.09. The molecule has 2 heterocycles. The second-order valence-electron chi connectivity index (χ2n) is 2.91. The molecule has 0 bridgehead atoms. The van der Waals surface area contributed by atoms with Crippen molar-refractivity contribution in [2.75, 3.05) is 0 Å². The Morgan fingerprint density at radius 1 is 1.50 bits per heavy atom. The topological polar surface area (TPSA) is 60.7 Å². The van der Waals surface area contributed by atoms with Crippen LogP contribution in [0.3, 0.4) is 0 Å². The highest BCUT2D eigenvalue weighted by molar-refractivity contribution is 6.29. The molecule has 0 amide bonds. The summed E-state index contributed by atoms with van der Waals surface area (Å²) in [5, 5.41) is 4.08. The van der Waals surface area contributed by atoms with Gasteiger partial charge in [-0.25, -0.2) is 14.6 Å². The van der Waals surface area contributed by atoms with Gasteiger partial charge in [0.2, 0.25) is 11.6 Å². The lowest BCUT2D eigenvalue weighted by atomic mass is 10.2. The molecule has 2 rings (SSSR count). The van der Waals surface area contributed by atoms with Crippen molar-refractivity contribution in [2.24, 2.45) is 0 Å². The van der Waals surface area contributed by atoms with Crippen molar-refractivity contribution in [2.45, 2.75) is 0 Å². The van der Waals surface area contributed by atoms with Gasteiger partial charge in [0.05, 0.1) is 0 Å². The fourth-order valence-electron chi connectivity index (χ4n) is 1.22. The third kappa shape index (κ3) is 1.85. The SMILES string of the molecule is C=Cn1ncnc1C(=O)c1ccnc(Cl)c1. The van der Waals surface area contributed by atoms with E-state index in [2.05, 4.69) is 21.6 Å². The molecular weight excluding hydrogens is 228 g/mol. The molecule has 0 aliphatic rings. The normalized spacial score (nSPS) is 10.1. The van der Waals surface area contributed by atoms with Gasteiger partial charge in [0, 0.05) is 18.0 Å². The Kier molecular flexibility index (Phi) is 2.78. The van der Waals surface area contributed by atoms with Crippen LogP contribution in [-0.4, -0.2) is 25.5 Å². The van der Waals surface area contributed by atoms with Crippen LogP contribution in [0.5, 0.6) is 0 Å². The molecule has 5 nitrogen and oxygen atoms in total. The number of hydrogen-bond donors (Lipinski definition) is 0. The Hall–Kier alpha value is -2.01. The zero-order valence-corrected chi connectivity index (χ0v) is 8.92. The molecule has 0 fully saturated rings. The molecule has 0 N–H and O–H groups in total. The van der Waals surface area contributed by atoms with Crippen LogP contribution < -0.4 is 0 Å². The summed E-state index contributed by atoms with van der Waals surface area (Å²) in [5.41, 5.74) is 0.413. The minimum atomic E-state index is -0.276. The third-order valence-corrected chi connectivity index (χ3v) is 2.14. The summed E-state index contributed by atoms with van der Waals surface area (Å²) >= 11 is 5.70. The van der Waals surface area contributed by atoms with Crippen LogP contribution in [0.25, 0.3) is 6.20 Å². The number of carbonyl (C=O) groups excluding carboxylic acids is 1. The van der Waals surface area contributed by atoms with Crippen molar-refractivity contribution in [3.63, 3.8) is 0 Å². The summed E-state index contributed by atoms with van der Waals surface area (Å²) in [4.78, 5) is 19.6. The van der Waals surface area contributed by atoms with E-state index in [9.17, 15) is 4.79 Å². The number of ketones is 1. The van der Waals surface area contributed by atoms with E-state index in [0.717, 1.165) is 0 Å². The summed E-state index contributed by atoms with van der Waals surface area (Å²) in [6, 6.07) is 3.04. The van der Waals surface area contributed by atoms with Gasteiger partial charge < -0.3 is 0 Å². The Morgan fingerprint density at radius 2 is 2.31 bits per heavy atom. The number of nitrogens with zero attached hydrogens (tertiary/aromatic N) is 4. The minimum Gasteiger partial charge on any atom is -0.285 e. The van der Waals surface area contributed by atoms with Crippen LogP contribution in [-0.2, 0) is 0 Å². The first-order valence-electron chi connectivity index (χ1n) is 4.40. The summed E-state index contributed by atoms with van der Waals surface area (Å²) in [5.74, 6) is -0.0843. The summed E-state index contributed by atoms with van der Waals surface area (Å²) in [6.07, 6.45) is 4.16. The standard InChI is InChI=1S/C10H7ClN4O/c1-2-15-10(13-6-14-15)9(16)7-3-4-12-8(11)5-7/h2-6H,1H2. The molecule has 0 aromatic carbocycles. The van der Waals surface area contributed by atoms with Crippen LogP contribution in [0.1, 0.15) is 16.2 Å². The third-order valence-electron chi connectivity index (χ3n) is 1.94. The van der Waals surface area contributed by atoms with E-state index in [-0.39, 0.29) is 16.8 Å². The second-order valence-corrected chi connectivity index (χ2v) is 3.29. The van der Waals surface area contributed by atoms with E-state index in [1.54, 1.807) is 6.07 Å². The van der Waals surface area contributed by atoms with Crippen molar-refractivity contribution in [3.05, 3.63) is 47.8 Å². The van der Waals surface area contributed by atoms with Crippen LogP contribution in [0.2, 0.25) is 5.15 Å². The van der Waals surface area contributed by atoms with Crippen LogP contribution >= 0.6 is 11.6 Å². The zero-order chi connectivity index (χ0) is 11.5. The predicted octanol–water partition coefficient (Wildman–Crippen LogP) is 1.66. The monoisotopic (exact) mass is 234 g/mol. The molecule has 0 aliphatic carbocycles. The maximum atomic E-state index is 12.0. The van der Waals surface area contributed by atoms with Gasteiger partial charge in [0.15, 0.2) is 0 Å². The molecule has 6 heteroatoms. The Morgan fingerprint density at radius 3 is 3.00 bits per heavy atom. The van der Waals surface area contributed by atoms with E-state index in [1.165, 1.54) is 29.5 Å². The lowest BCUT2D eigenvalue weighted by molar-refractivity contribution is 0.102. The van der Waals surface area contributed by atoms with Gasteiger partial charge in [-0.05, 0) is 12.1 Å². The molecule has 16 heavy (non-hydrogen) atoms. The lowest BCUT2D eigenvalue weighted by Gasteiger charge is -2.00. The quantitative estimate of drug-likeness (QED) is 0.599. The molecule has 2 aromatic heterocycles. The van der Waals surface area contributed by atoms with Crippen LogP contribution in [0.15, 0.2) is 31.2 Å². The van der Waals surface area contributed by atoms with Crippen molar-refractivity contribution >= 4 is 23.6 Å². The molecule has 2 aromatic rings. The Labute approximate surface area is 96.4 Å². The fourth-order valence-corrected chi connectivity index (χ4v) is 1.39. The van der Waals surface area contributed by atoms with Crippen molar-refractivity contribution in [1.29, 1.82) is 0 Å². The number of aromatic nitrogens is 4. The number of halogens is 1. The van der Waals surface area contributed by atoms with E-state index >= 15 is 0 Å². The van der Waals surface area contributed by atoms with E-state index < -0.39 is 0 Å². The first-order valence-corrected chi connectivity index (χ1v) is 4.78. The summed E-state index contributed by atoms with van der Waals surface area (Å²) in [6.45, 7) is 3.53. The first kappa shape index (κ1) is 10.5. The average Bonchev–Trinajstić information content (AvgIpc) is 2.76. The number of rotatable bonds is 3. The highest BCUT2D eigenvalue weighted by Crippen LogP contribution is 2.11. The maximum Gasteiger partial charge on any atom is 0.230 e. The van der Waals surface area contributed by atoms with Crippen molar-refractivity contribution in [3.8, 4) is 0 Å². The molecule has 0 saturated heterocycles. The van der Waals surface area contributed by atoms with Gasteiger partial charge in [0.1, 0.15) is 11.5 Å². The average molecular weight is 235 g/mol. The molecule has 0 saturated carbocycles. The Bertz CT molecular complexity index is 549. The minimum absolute atomic E-state index is 0.192. The van der Waals surface area contributed by atoms with Crippen molar-refractivity contribution in [1.82, 2.24) is 19.7 Å². The number of hydrogen-bond acceptors (Lipinski definition) is 4. The van der Waals surface area contributed by atoms with E-state index in [4.69, 9.17) is 11.6 Å². The van der Waals surface area contributed by atoms with Gasteiger partial charge in [0.25, 0.3) is 0 Å². The van der Waals surface area contributed by atoms with Crippen LogP contribution in [0.4, 0.5) is 0 Å². The molecule has 0 radical (unpaired) electrons. The largest absolute Gasteiger partial charge is 0.285 e. The summed E-state index contributed by atoms with van der Waals surface area (Å²) < 4.78 is 1.30. The molecule has 0 aliphatic heterocycles. The molecular formula is C10H7ClN4O. The van der Waals surface area contributed by atoms with Gasteiger partial charge in [-0.15, -0.1) is 0 Å². The summed E-state index contributed by atoms with van der Waals surface area (Å²) in [7, 11) is 0. The highest BCUT2D eigenvalue weighted by Gasteiger charge is 2.15. The zero-order valence-electron chi connectivity index (χ0n) is 8.17. The van der Waals surface area contributed by atoms with E-state index in [1.807, 2.05) is 0 Å². The first-order chi connectivity index (χ1) is 7.72. The number of pyridine rings is 1. The van der Waals surface area contributed by atoms with Gasteiger partial charge in [-0.3, -0.25) is 4.79 Å². The maximum absolute atomic E-state index is 12.0. The molecule has 80 valence electrons. The Balaban J connectivity index is 2.43. The smallest absolute Gasteiger partial charge is 0.230 e. The second kappa shape index (κ2) is 4.24. The van der Waals surface area contributed by atoms with Gasteiger partial charge in [-0.1, -0.05) is 18.2 Å². The number of carbonyl (C=O) groups is 1. The van der Waals surface area contributed by atoms with Crippen molar-refractivity contribution < 1.29 is 4.79 Å². The van der Waals surface area contributed by atoms with Crippen LogP contribution in [0, 0.1) is 0 Å². The molecule has 0 atom stereocenters. The van der Waals surface area contributed by atoms with Gasteiger partial charge >= 0.3 is 0 Å².